The van der Waals surface area contributed by atoms with Gasteiger partial charge in [0.05, 0.1) is 19.3 Å². The second-order valence-corrected chi connectivity index (χ2v) is 7.70. The lowest BCUT2D eigenvalue weighted by atomic mass is 10.2. The van der Waals surface area contributed by atoms with Gasteiger partial charge in [0.2, 0.25) is 0 Å². The van der Waals surface area contributed by atoms with Gasteiger partial charge in [-0.3, -0.25) is 14.5 Å². The van der Waals surface area contributed by atoms with Crippen LogP contribution in [0, 0.1) is 0 Å². The fraction of sp³-hybridized carbons (Fsp3) is 0.100. The van der Waals surface area contributed by atoms with Crippen molar-refractivity contribution < 1.29 is 9.59 Å². The van der Waals surface area contributed by atoms with Crippen LogP contribution in [0.15, 0.2) is 76.0 Å². The minimum Gasteiger partial charge on any atom is -0.350 e. The zero-order valence-corrected chi connectivity index (χ0v) is 17.4. The Morgan fingerprint density at radius 3 is 2.41 bits per heavy atom. The van der Waals surface area contributed by atoms with Crippen molar-refractivity contribution >= 4 is 45.0 Å². The summed E-state index contributed by atoms with van der Waals surface area (Å²) in [6.45, 7) is 0.541. The van der Waals surface area contributed by atoms with Crippen molar-refractivity contribution in [2.75, 3.05) is 5.32 Å². The third-order valence-electron chi connectivity index (χ3n) is 4.32. The Hall–Kier alpha value is -2.97. The molecule has 0 saturated carbocycles. The molecule has 0 radical (unpaired) electrons. The van der Waals surface area contributed by atoms with Crippen LogP contribution in [0.1, 0.15) is 11.3 Å². The lowest BCUT2D eigenvalue weighted by molar-refractivity contribution is -0.138. The predicted molar refractivity (Wildman–Crippen MR) is 112 cm³/mol. The summed E-state index contributed by atoms with van der Waals surface area (Å²) in [5.41, 5.74) is 2.27. The number of carbonyl (C=O) groups is 2. The molecule has 1 aromatic heterocycles. The largest absolute Gasteiger partial charge is 0.350 e. The van der Waals surface area contributed by atoms with E-state index in [0.29, 0.717) is 17.9 Å². The number of rotatable bonds is 6. The van der Waals surface area contributed by atoms with Crippen LogP contribution < -0.4 is 5.32 Å². The van der Waals surface area contributed by atoms with Gasteiger partial charge in [-0.15, -0.1) is 5.10 Å². The summed E-state index contributed by atoms with van der Waals surface area (Å²) in [5.74, 6) is -1.06. The van der Waals surface area contributed by atoms with Gasteiger partial charge in [-0.05, 0) is 29.8 Å². The summed E-state index contributed by atoms with van der Waals surface area (Å²) in [7, 11) is 0. The summed E-state index contributed by atoms with van der Waals surface area (Å²) in [6, 6.07) is 17.0. The molecule has 2 amide bonds. The minimum absolute atomic E-state index is 0.00576. The molecular formula is C20H15BrClN5O2. The van der Waals surface area contributed by atoms with Crippen LogP contribution in [0.4, 0.5) is 5.69 Å². The molecule has 0 atom stereocenters. The molecule has 1 aliphatic heterocycles. The zero-order valence-electron chi connectivity index (χ0n) is 15.0. The van der Waals surface area contributed by atoms with Crippen molar-refractivity contribution in [1.29, 1.82) is 0 Å². The molecule has 0 unspecified atom stereocenters. The number of nitrogens with zero attached hydrogens (tertiary/aromatic N) is 4. The lowest BCUT2D eigenvalue weighted by Gasteiger charge is -2.13. The number of hydrogen-bond acceptors (Lipinski definition) is 5. The fourth-order valence-corrected chi connectivity index (χ4v) is 3.39. The van der Waals surface area contributed by atoms with E-state index in [1.807, 2.05) is 42.5 Å². The van der Waals surface area contributed by atoms with Gasteiger partial charge in [-0.2, -0.15) is 0 Å². The van der Waals surface area contributed by atoms with Gasteiger partial charge in [0.1, 0.15) is 16.4 Å². The SMILES string of the molecule is O=C1C(Cl)=C(Nc2ccc(Br)cc2)C(=O)N1Cc1cn(Cc2ccccc2)nn1. The first-order chi connectivity index (χ1) is 14.0. The molecule has 0 aliphatic carbocycles. The number of anilines is 1. The first-order valence-corrected chi connectivity index (χ1v) is 9.90. The van der Waals surface area contributed by atoms with Crippen LogP contribution in [0.5, 0.6) is 0 Å². The maximum absolute atomic E-state index is 12.7. The molecule has 9 heteroatoms. The molecule has 0 fully saturated rings. The van der Waals surface area contributed by atoms with Crippen LogP contribution in [0.2, 0.25) is 0 Å². The highest BCUT2D eigenvalue weighted by atomic mass is 79.9. The first-order valence-electron chi connectivity index (χ1n) is 8.73. The van der Waals surface area contributed by atoms with Crippen LogP contribution >= 0.6 is 27.5 Å². The average molecular weight is 473 g/mol. The third-order valence-corrected chi connectivity index (χ3v) is 5.20. The van der Waals surface area contributed by atoms with Crippen molar-refractivity contribution in [2.24, 2.45) is 0 Å². The molecule has 0 saturated heterocycles. The van der Waals surface area contributed by atoms with Crippen molar-refractivity contribution in [3.05, 3.63) is 87.3 Å². The summed E-state index contributed by atoms with van der Waals surface area (Å²) in [5, 5.41) is 10.9. The number of nitrogens with one attached hydrogen (secondary N) is 1. The Morgan fingerprint density at radius 2 is 1.69 bits per heavy atom. The van der Waals surface area contributed by atoms with Crippen LogP contribution in [-0.2, 0) is 22.7 Å². The molecule has 7 nitrogen and oxygen atoms in total. The summed E-state index contributed by atoms with van der Waals surface area (Å²) in [6.07, 6.45) is 1.71. The maximum atomic E-state index is 12.7. The molecule has 146 valence electrons. The Labute approximate surface area is 180 Å². The van der Waals surface area contributed by atoms with Gasteiger partial charge < -0.3 is 5.32 Å². The van der Waals surface area contributed by atoms with Gasteiger partial charge in [-0.1, -0.05) is 63.1 Å². The molecule has 2 heterocycles. The Morgan fingerprint density at radius 1 is 0.966 bits per heavy atom. The van der Waals surface area contributed by atoms with E-state index in [9.17, 15) is 9.59 Å². The lowest BCUT2D eigenvalue weighted by Crippen LogP contribution is -2.32. The number of aromatic nitrogens is 3. The van der Waals surface area contributed by atoms with Crippen molar-refractivity contribution in [3.63, 3.8) is 0 Å². The van der Waals surface area contributed by atoms with Gasteiger partial charge >= 0.3 is 0 Å². The molecule has 1 aliphatic rings. The summed E-state index contributed by atoms with van der Waals surface area (Å²) >= 11 is 9.48. The molecule has 0 spiro atoms. The molecule has 1 N–H and O–H groups in total. The zero-order chi connectivity index (χ0) is 20.4. The first kappa shape index (κ1) is 19.4. The number of amides is 2. The normalized spacial score (nSPS) is 14.1. The second-order valence-electron chi connectivity index (χ2n) is 6.41. The van der Waals surface area contributed by atoms with Crippen molar-refractivity contribution in [3.8, 4) is 0 Å². The number of halogens is 2. The molecule has 3 aromatic rings. The van der Waals surface area contributed by atoms with Gasteiger partial charge in [0.25, 0.3) is 11.8 Å². The third kappa shape index (κ3) is 4.23. The molecule has 29 heavy (non-hydrogen) atoms. The number of benzene rings is 2. The van der Waals surface area contributed by atoms with Gasteiger partial charge in [0, 0.05) is 10.2 Å². The van der Waals surface area contributed by atoms with E-state index in [0.717, 1.165) is 14.9 Å². The van der Waals surface area contributed by atoms with Gasteiger partial charge in [-0.25, -0.2) is 4.68 Å². The van der Waals surface area contributed by atoms with E-state index >= 15 is 0 Å². The molecule has 0 bridgehead atoms. The van der Waals surface area contributed by atoms with Crippen molar-refractivity contribution in [2.45, 2.75) is 13.1 Å². The average Bonchev–Trinajstić information content (AvgIpc) is 3.24. The minimum atomic E-state index is -0.561. The molecule has 4 rings (SSSR count). The standard InChI is InChI=1S/C20H15BrClN5O2/c21-14-6-8-15(9-7-14)23-18-17(22)19(28)27(20(18)29)12-16-11-26(25-24-16)10-13-4-2-1-3-5-13/h1-9,11,23H,10,12H2. The highest BCUT2D eigenvalue weighted by Crippen LogP contribution is 2.27. The highest BCUT2D eigenvalue weighted by molar-refractivity contribution is 9.10. The number of carbonyl (C=O) groups excluding carboxylic acids is 2. The Bertz CT molecular complexity index is 1100. The van der Waals surface area contributed by atoms with E-state index in [4.69, 9.17) is 11.6 Å². The van der Waals surface area contributed by atoms with E-state index < -0.39 is 11.8 Å². The number of imide groups is 1. The van der Waals surface area contributed by atoms with E-state index in [1.54, 1.807) is 23.0 Å². The molecule has 2 aromatic carbocycles. The van der Waals surface area contributed by atoms with E-state index in [2.05, 4.69) is 31.6 Å². The van der Waals surface area contributed by atoms with E-state index in [1.165, 1.54) is 0 Å². The second kappa shape index (κ2) is 8.18. The summed E-state index contributed by atoms with van der Waals surface area (Å²) in [4.78, 5) is 26.3. The monoisotopic (exact) mass is 471 g/mol. The predicted octanol–water partition coefficient (Wildman–Crippen LogP) is 3.52. The van der Waals surface area contributed by atoms with Crippen LogP contribution in [0.3, 0.4) is 0 Å². The quantitative estimate of drug-likeness (QED) is 0.555. The summed E-state index contributed by atoms with van der Waals surface area (Å²) < 4.78 is 2.56. The van der Waals surface area contributed by atoms with Gasteiger partial charge in [0.15, 0.2) is 0 Å². The van der Waals surface area contributed by atoms with Crippen LogP contribution in [-0.4, -0.2) is 31.7 Å². The maximum Gasteiger partial charge on any atom is 0.279 e. The van der Waals surface area contributed by atoms with E-state index in [-0.39, 0.29) is 17.3 Å². The highest BCUT2D eigenvalue weighted by Gasteiger charge is 2.38. The molecular weight excluding hydrogens is 458 g/mol. The Balaban J connectivity index is 1.45. The van der Waals surface area contributed by atoms with Crippen molar-refractivity contribution in [1.82, 2.24) is 19.9 Å². The van der Waals surface area contributed by atoms with Crippen LogP contribution in [0.25, 0.3) is 0 Å². The smallest absolute Gasteiger partial charge is 0.279 e. The Kier molecular flexibility index (Phi) is 5.46. The number of hydrogen-bond donors (Lipinski definition) is 1. The fourth-order valence-electron chi connectivity index (χ4n) is 2.90. The topological polar surface area (TPSA) is 80.1 Å².